The van der Waals surface area contributed by atoms with E-state index in [9.17, 15) is 9.59 Å². The standard InChI is InChI=1S/C12H21NO3/c1-6-16-12(15)8-13(10(4)5)11(14)7-9(2)3/h7,10H,6,8H2,1-5H3. The Morgan fingerprint density at radius 1 is 1.31 bits per heavy atom. The SMILES string of the molecule is CCOC(=O)CN(C(=O)C=C(C)C)C(C)C. The minimum Gasteiger partial charge on any atom is -0.465 e. The van der Waals surface area contributed by atoms with Gasteiger partial charge in [-0.2, -0.15) is 0 Å². The Hall–Kier alpha value is -1.32. The van der Waals surface area contributed by atoms with Crippen LogP contribution in [0, 0.1) is 0 Å². The number of hydrogen-bond acceptors (Lipinski definition) is 3. The van der Waals surface area contributed by atoms with Crippen molar-refractivity contribution in [2.75, 3.05) is 13.2 Å². The lowest BCUT2D eigenvalue weighted by molar-refractivity contribution is -0.148. The van der Waals surface area contributed by atoms with Crippen molar-refractivity contribution in [2.45, 2.75) is 40.7 Å². The summed E-state index contributed by atoms with van der Waals surface area (Å²) in [6.07, 6.45) is 1.53. The fraction of sp³-hybridized carbons (Fsp3) is 0.667. The molecule has 0 aliphatic heterocycles. The van der Waals surface area contributed by atoms with E-state index in [2.05, 4.69) is 0 Å². The van der Waals surface area contributed by atoms with Gasteiger partial charge in [0, 0.05) is 12.1 Å². The highest BCUT2D eigenvalue weighted by Crippen LogP contribution is 2.02. The summed E-state index contributed by atoms with van der Waals surface area (Å²) in [6, 6.07) is -0.0208. The molecule has 0 aliphatic carbocycles. The van der Waals surface area contributed by atoms with Crippen LogP contribution in [0.25, 0.3) is 0 Å². The average Bonchev–Trinajstić information content (AvgIpc) is 2.12. The lowest BCUT2D eigenvalue weighted by Gasteiger charge is -2.24. The zero-order valence-electron chi connectivity index (χ0n) is 10.7. The minimum absolute atomic E-state index is 0.00806. The van der Waals surface area contributed by atoms with Crippen LogP contribution in [0.5, 0.6) is 0 Å². The summed E-state index contributed by atoms with van der Waals surface area (Å²) < 4.78 is 4.82. The Bertz CT molecular complexity index is 278. The fourth-order valence-corrected chi connectivity index (χ4v) is 1.19. The van der Waals surface area contributed by atoms with Gasteiger partial charge in [0.15, 0.2) is 0 Å². The molecule has 0 N–H and O–H groups in total. The lowest BCUT2D eigenvalue weighted by atomic mass is 10.2. The second-order valence-corrected chi connectivity index (χ2v) is 4.09. The molecule has 0 saturated heterocycles. The van der Waals surface area contributed by atoms with Crippen molar-refractivity contribution in [1.82, 2.24) is 4.90 Å². The van der Waals surface area contributed by atoms with Gasteiger partial charge in [0.2, 0.25) is 5.91 Å². The Balaban J connectivity index is 4.56. The third-order valence-corrected chi connectivity index (χ3v) is 1.92. The third kappa shape index (κ3) is 5.53. The van der Waals surface area contributed by atoms with Crippen LogP contribution < -0.4 is 0 Å². The molecule has 0 aromatic rings. The minimum atomic E-state index is -0.369. The Kier molecular flexibility index (Phi) is 6.46. The van der Waals surface area contributed by atoms with Gasteiger partial charge in [0.1, 0.15) is 6.54 Å². The largest absolute Gasteiger partial charge is 0.465 e. The average molecular weight is 227 g/mol. The van der Waals surface area contributed by atoms with Gasteiger partial charge < -0.3 is 9.64 Å². The maximum absolute atomic E-state index is 11.8. The van der Waals surface area contributed by atoms with Gasteiger partial charge in [-0.25, -0.2) is 0 Å². The molecule has 0 heterocycles. The van der Waals surface area contributed by atoms with E-state index in [0.717, 1.165) is 5.57 Å². The quantitative estimate of drug-likeness (QED) is 0.531. The highest BCUT2D eigenvalue weighted by molar-refractivity contribution is 5.90. The van der Waals surface area contributed by atoms with Crippen LogP contribution in [0.2, 0.25) is 0 Å². The Labute approximate surface area is 97.3 Å². The van der Waals surface area contributed by atoms with Gasteiger partial charge in [-0.3, -0.25) is 9.59 Å². The fourth-order valence-electron chi connectivity index (χ4n) is 1.19. The molecule has 0 spiro atoms. The van der Waals surface area contributed by atoms with Crippen molar-refractivity contribution in [3.8, 4) is 0 Å². The molecular weight excluding hydrogens is 206 g/mol. The smallest absolute Gasteiger partial charge is 0.325 e. The molecule has 0 bridgehead atoms. The predicted octanol–water partition coefficient (Wildman–Crippen LogP) is 1.75. The molecule has 0 aromatic heterocycles. The van der Waals surface area contributed by atoms with Crippen molar-refractivity contribution < 1.29 is 14.3 Å². The van der Waals surface area contributed by atoms with Crippen molar-refractivity contribution in [3.05, 3.63) is 11.6 Å². The summed E-state index contributed by atoms with van der Waals surface area (Å²) in [6.45, 7) is 9.53. The van der Waals surface area contributed by atoms with E-state index in [1.165, 1.54) is 11.0 Å². The number of nitrogens with zero attached hydrogens (tertiary/aromatic N) is 1. The first-order chi connectivity index (χ1) is 7.38. The molecule has 16 heavy (non-hydrogen) atoms. The van der Waals surface area contributed by atoms with Crippen LogP contribution in [0.4, 0.5) is 0 Å². The van der Waals surface area contributed by atoms with Crippen LogP contribution in [0.1, 0.15) is 34.6 Å². The van der Waals surface area contributed by atoms with Gasteiger partial charge in [0.25, 0.3) is 0 Å². The van der Waals surface area contributed by atoms with E-state index < -0.39 is 0 Å². The molecule has 92 valence electrons. The first kappa shape index (κ1) is 14.7. The summed E-state index contributed by atoms with van der Waals surface area (Å²) in [5, 5.41) is 0. The van der Waals surface area contributed by atoms with Gasteiger partial charge in [-0.05, 0) is 34.6 Å². The third-order valence-electron chi connectivity index (χ3n) is 1.92. The zero-order valence-corrected chi connectivity index (χ0v) is 10.7. The van der Waals surface area contributed by atoms with Gasteiger partial charge in [0.05, 0.1) is 6.61 Å². The van der Waals surface area contributed by atoms with E-state index in [0.29, 0.717) is 6.61 Å². The summed E-state index contributed by atoms with van der Waals surface area (Å²) >= 11 is 0. The van der Waals surface area contributed by atoms with E-state index in [1.54, 1.807) is 6.92 Å². The number of rotatable bonds is 5. The maximum atomic E-state index is 11.8. The van der Waals surface area contributed by atoms with Crippen LogP contribution in [0.15, 0.2) is 11.6 Å². The van der Waals surface area contributed by atoms with Gasteiger partial charge in [-0.15, -0.1) is 0 Å². The van der Waals surface area contributed by atoms with Gasteiger partial charge in [-0.1, -0.05) is 5.57 Å². The number of carbonyl (C=O) groups is 2. The monoisotopic (exact) mass is 227 g/mol. The normalized spacial score (nSPS) is 9.88. The molecule has 0 aliphatic rings. The molecule has 1 amide bonds. The number of ether oxygens (including phenoxy) is 1. The van der Waals surface area contributed by atoms with Crippen LogP contribution in [-0.2, 0) is 14.3 Å². The van der Waals surface area contributed by atoms with Crippen molar-refractivity contribution in [1.29, 1.82) is 0 Å². The highest BCUT2D eigenvalue weighted by Gasteiger charge is 2.18. The van der Waals surface area contributed by atoms with E-state index in [-0.39, 0.29) is 24.5 Å². The summed E-state index contributed by atoms with van der Waals surface area (Å²) in [4.78, 5) is 24.6. The predicted molar refractivity (Wildman–Crippen MR) is 62.9 cm³/mol. The Morgan fingerprint density at radius 2 is 1.88 bits per heavy atom. The number of amides is 1. The lowest BCUT2D eigenvalue weighted by Crippen LogP contribution is -2.40. The van der Waals surface area contributed by atoms with Crippen LogP contribution in [-0.4, -0.2) is 36.0 Å². The molecular formula is C12H21NO3. The van der Waals surface area contributed by atoms with Gasteiger partial charge >= 0.3 is 5.97 Å². The highest BCUT2D eigenvalue weighted by atomic mass is 16.5. The molecule has 0 rings (SSSR count). The van der Waals surface area contributed by atoms with Crippen molar-refractivity contribution in [3.63, 3.8) is 0 Å². The molecule has 4 nitrogen and oxygen atoms in total. The first-order valence-electron chi connectivity index (χ1n) is 5.49. The molecule has 0 unspecified atom stereocenters. The summed E-state index contributed by atoms with van der Waals surface area (Å²) in [5.41, 5.74) is 0.916. The molecule has 0 radical (unpaired) electrons. The molecule has 4 heteroatoms. The molecule has 0 atom stereocenters. The van der Waals surface area contributed by atoms with Crippen LogP contribution >= 0.6 is 0 Å². The summed E-state index contributed by atoms with van der Waals surface area (Å²) in [7, 11) is 0. The second kappa shape index (κ2) is 7.04. The molecule has 0 aromatic carbocycles. The first-order valence-corrected chi connectivity index (χ1v) is 5.49. The zero-order chi connectivity index (χ0) is 12.7. The molecule has 0 saturated carbocycles. The number of allylic oxidation sites excluding steroid dienone is 1. The molecule has 0 fully saturated rings. The number of esters is 1. The summed E-state index contributed by atoms with van der Waals surface area (Å²) in [5.74, 6) is -0.519. The van der Waals surface area contributed by atoms with Crippen molar-refractivity contribution >= 4 is 11.9 Å². The number of carbonyl (C=O) groups excluding carboxylic acids is 2. The van der Waals surface area contributed by atoms with Crippen LogP contribution in [0.3, 0.4) is 0 Å². The maximum Gasteiger partial charge on any atom is 0.325 e. The topological polar surface area (TPSA) is 46.6 Å². The Morgan fingerprint density at radius 3 is 2.25 bits per heavy atom. The van der Waals surface area contributed by atoms with Crippen molar-refractivity contribution in [2.24, 2.45) is 0 Å². The van der Waals surface area contributed by atoms with E-state index in [4.69, 9.17) is 4.74 Å². The van der Waals surface area contributed by atoms with E-state index in [1.807, 2.05) is 27.7 Å². The second-order valence-electron chi connectivity index (χ2n) is 4.09. The number of hydrogen-bond donors (Lipinski definition) is 0. The van der Waals surface area contributed by atoms with E-state index >= 15 is 0 Å².